The maximum absolute atomic E-state index is 5.93. The Kier molecular flexibility index (Phi) is 2.60. The molecule has 3 unspecified atom stereocenters. The number of nitrogens with two attached hydrogens (primary N) is 1. The number of aromatic nitrogens is 1. The molecular weight excluding hydrogens is 184 g/mol. The number of rotatable bonds is 2. The van der Waals surface area contributed by atoms with Crippen molar-refractivity contribution in [3.63, 3.8) is 0 Å². The number of hydrogen-bond acceptors (Lipinski definition) is 4. The van der Waals surface area contributed by atoms with Gasteiger partial charge in [-0.2, -0.15) is 0 Å². The first kappa shape index (κ1) is 9.09. The summed E-state index contributed by atoms with van der Waals surface area (Å²) in [5.74, 6) is 0.567. The minimum absolute atomic E-state index is 0.354. The summed E-state index contributed by atoms with van der Waals surface area (Å²) in [6.07, 6.45) is 5.60. The summed E-state index contributed by atoms with van der Waals surface area (Å²) in [5.41, 5.74) is 5.93. The first-order valence-corrected chi connectivity index (χ1v) is 5.47. The maximum atomic E-state index is 5.93. The van der Waals surface area contributed by atoms with Crippen LogP contribution < -0.4 is 5.73 Å². The van der Waals surface area contributed by atoms with Crippen LogP contribution in [0, 0.1) is 5.92 Å². The SMILES string of the molecule is CC1C(N)CCC1Sc1ncco1. The minimum atomic E-state index is 0.354. The molecule has 13 heavy (non-hydrogen) atoms. The molecule has 1 aliphatic rings. The average molecular weight is 198 g/mol. The molecule has 0 radical (unpaired) electrons. The Morgan fingerprint density at radius 3 is 3.00 bits per heavy atom. The summed E-state index contributed by atoms with van der Waals surface area (Å²) in [5, 5.41) is 1.35. The zero-order valence-electron chi connectivity index (χ0n) is 7.64. The fraction of sp³-hybridized carbons (Fsp3) is 0.667. The largest absolute Gasteiger partial charge is 0.440 e. The third kappa shape index (κ3) is 1.89. The van der Waals surface area contributed by atoms with Gasteiger partial charge in [0, 0.05) is 11.3 Å². The first-order valence-electron chi connectivity index (χ1n) is 4.59. The normalized spacial score (nSPS) is 33.8. The predicted octanol–water partition coefficient (Wildman–Crippen LogP) is 1.89. The molecule has 0 aliphatic heterocycles. The molecule has 0 saturated heterocycles. The van der Waals surface area contributed by atoms with E-state index in [0.717, 1.165) is 11.6 Å². The van der Waals surface area contributed by atoms with Gasteiger partial charge < -0.3 is 10.2 Å². The fourth-order valence-electron chi connectivity index (χ4n) is 1.72. The van der Waals surface area contributed by atoms with E-state index in [1.807, 2.05) is 0 Å². The monoisotopic (exact) mass is 198 g/mol. The zero-order chi connectivity index (χ0) is 9.26. The van der Waals surface area contributed by atoms with Gasteiger partial charge in [-0.3, -0.25) is 0 Å². The van der Waals surface area contributed by atoms with Gasteiger partial charge in [0.2, 0.25) is 0 Å². The molecule has 2 rings (SSSR count). The third-order valence-electron chi connectivity index (χ3n) is 2.71. The second kappa shape index (κ2) is 3.72. The molecular formula is C9H14N2OS. The van der Waals surface area contributed by atoms with Gasteiger partial charge in [0.15, 0.2) is 0 Å². The van der Waals surface area contributed by atoms with Gasteiger partial charge in [-0.25, -0.2) is 4.98 Å². The highest BCUT2D eigenvalue weighted by molar-refractivity contribution is 7.99. The Labute approximate surface area is 82.1 Å². The molecule has 1 saturated carbocycles. The lowest BCUT2D eigenvalue weighted by Crippen LogP contribution is -2.25. The number of hydrogen-bond donors (Lipinski definition) is 1. The molecule has 1 aromatic heterocycles. The standard InChI is InChI=1S/C9H14N2OS/c1-6-7(10)2-3-8(6)13-9-11-4-5-12-9/h4-8H,2-3,10H2,1H3. The van der Waals surface area contributed by atoms with Crippen molar-refractivity contribution >= 4 is 11.8 Å². The van der Waals surface area contributed by atoms with Gasteiger partial charge >= 0.3 is 0 Å². The molecule has 2 N–H and O–H groups in total. The van der Waals surface area contributed by atoms with Crippen LogP contribution in [0.2, 0.25) is 0 Å². The minimum Gasteiger partial charge on any atom is -0.440 e. The van der Waals surface area contributed by atoms with Crippen LogP contribution in [0.15, 0.2) is 22.1 Å². The maximum Gasteiger partial charge on any atom is 0.255 e. The second-order valence-corrected chi connectivity index (χ2v) is 4.75. The number of thioether (sulfide) groups is 1. The van der Waals surface area contributed by atoms with E-state index in [4.69, 9.17) is 10.2 Å². The smallest absolute Gasteiger partial charge is 0.255 e. The lowest BCUT2D eigenvalue weighted by atomic mass is 10.1. The first-order chi connectivity index (χ1) is 6.27. The molecule has 1 aromatic rings. The topological polar surface area (TPSA) is 52.0 Å². The van der Waals surface area contributed by atoms with Crippen molar-refractivity contribution in [1.29, 1.82) is 0 Å². The summed E-state index contributed by atoms with van der Waals surface area (Å²) < 4.78 is 5.19. The van der Waals surface area contributed by atoms with Gasteiger partial charge in [-0.05, 0) is 18.8 Å². The summed E-state index contributed by atoms with van der Waals surface area (Å²) in [7, 11) is 0. The van der Waals surface area contributed by atoms with Crippen molar-refractivity contribution in [3.8, 4) is 0 Å². The van der Waals surface area contributed by atoms with Crippen molar-refractivity contribution in [2.45, 2.75) is 36.3 Å². The van der Waals surface area contributed by atoms with Gasteiger partial charge in [0.25, 0.3) is 5.22 Å². The summed E-state index contributed by atoms with van der Waals surface area (Å²) in [6.45, 7) is 2.21. The Balaban J connectivity index is 1.96. The van der Waals surface area contributed by atoms with Gasteiger partial charge in [0.05, 0.1) is 6.20 Å². The van der Waals surface area contributed by atoms with Crippen LogP contribution in [-0.2, 0) is 0 Å². The average Bonchev–Trinajstić information content (AvgIpc) is 2.71. The summed E-state index contributed by atoms with van der Waals surface area (Å²) in [4.78, 5) is 4.09. The molecule has 1 fully saturated rings. The van der Waals surface area contributed by atoms with Crippen molar-refractivity contribution < 1.29 is 4.42 Å². The molecule has 1 aliphatic carbocycles. The van der Waals surface area contributed by atoms with Crippen LogP contribution in [0.25, 0.3) is 0 Å². The molecule has 0 aromatic carbocycles. The highest BCUT2D eigenvalue weighted by atomic mass is 32.2. The van der Waals surface area contributed by atoms with Crippen LogP contribution in [-0.4, -0.2) is 16.3 Å². The predicted molar refractivity (Wildman–Crippen MR) is 52.5 cm³/mol. The van der Waals surface area contributed by atoms with E-state index < -0.39 is 0 Å². The summed E-state index contributed by atoms with van der Waals surface area (Å²) in [6, 6.07) is 0.354. The third-order valence-corrected chi connectivity index (χ3v) is 4.08. The van der Waals surface area contributed by atoms with Gasteiger partial charge in [0.1, 0.15) is 6.26 Å². The van der Waals surface area contributed by atoms with Crippen LogP contribution in [0.3, 0.4) is 0 Å². The summed E-state index contributed by atoms with van der Waals surface area (Å²) >= 11 is 1.71. The Hall–Kier alpha value is -0.480. The fourth-order valence-corrected chi connectivity index (χ4v) is 2.88. The van der Waals surface area contributed by atoms with E-state index in [2.05, 4.69) is 11.9 Å². The van der Waals surface area contributed by atoms with E-state index in [0.29, 0.717) is 17.2 Å². The van der Waals surface area contributed by atoms with Crippen molar-refractivity contribution in [2.75, 3.05) is 0 Å². The van der Waals surface area contributed by atoms with Crippen LogP contribution in [0.5, 0.6) is 0 Å². The second-order valence-electron chi connectivity index (χ2n) is 3.55. The molecule has 4 heteroatoms. The van der Waals surface area contributed by atoms with Crippen molar-refractivity contribution in [2.24, 2.45) is 11.7 Å². The highest BCUT2D eigenvalue weighted by Gasteiger charge is 2.31. The number of nitrogens with zero attached hydrogens (tertiary/aromatic N) is 1. The van der Waals surface area contributed by atoms with Crippen LogP contribution >= 0.6 is 11.8 Å². The van der Waals surface area contributed by atoms with Crippen molar-refractivity contribution in [3.05, 3.63) is 12.5 Å². The van der Waals surface area contributed by atoms with E-state index in [1.54, 1.807) is 24.2 Å². The Morgan fingerprint density at radius 1 is 1.62 bits per heavy atom. The lowest BCUT2D eigenvalue weighted by molar-refractivity contribution is 0.450. The molecule has 72 valence electrons. The van der Waals surface area contributed by atoms with Crippen LogP contribution in [0.4, 0.5) is 0 Å². The Morgan fingerprint density at radius 2 is 2.46 bits per heavy atom. The highest BCUT2D eigenvalue weighted by Crippen LogP contribution is 2.37. The molecule has 0 bridgehead atoms. The Bertz CT molecular complexity index is 263. The van der Waals surface area contributed by atoms with Crippen molar-refractivity contribution in [1.82, 2.24) is 4.98 Å². The zero-order valence-corrected chi connectivity index (χ0v) is 8.46. The van der Waals surface area contributed by atoms with E-state index in [9.17, 15) is 0 Å². The number of oxazole rings is 1. The van der Waals surface area contributed by atoms with E-state index in [1.165, 1.54) is 6.42 Å². The molecule has 1 heterocycles. The molecule has 0 amide bonds. The van der Waals surface area contributed by atoms with Gasteiger partial charge in [-0.15, -0.1) is 0 Å². The molecule has 3 nitrogen and oxygen atoms in total. The molecule has 3 atom stereocenters. The van der Waals surface area contributed by atoms with Gasteiger partial charge in [-0.1, -0.05) is 18.7 Å². The van der Waals surface area contributed by atoms with E-state index in [-0.39, 0.29) is 0 Å². The lowest BCUT2D eigenvalue weighted by Gasteiger charge is -2.15. The molecule has 0 spiro atoms. The van der Waals surface area contributed by atoms with Crippen LogP contribution in [0.1, 0.15) is 19.8 Å². The quantitative estimate of drug-likeness (QED) is 0.788. The van der Waals surface area contributed by atoms with E-state index >= 15 is 0 Å².